The number of nitrogens with one attached hydrogen (secondary N) is 2. The number of amides is 1. The Morgan fingerprint density at radius 2 is 1.76 bits per heavy atom. The van der Waals surface area contributed by atoms with Gasteiger partial charge in [-0.25, -0.2) is 9.97 Å². The molecular weight excluding hydrogens is 412 g/mol. The van der Waals surface area contributed by atoms with Gasteiger partial charge in [-0.15, -0.1) is 0 Å². The van der Waals surface area contributed by atoms with Crippen LogP contribution in [0.5, 0.6) is 5.75 Å². The lowest BCUT2D eigenvalue weighted by molar-refractivity contribution is 0.0940. The third-order valence-electron chi connectivity index (χ3n) is 5.30. The van der Waals surface area contributed by atoms with Gasteiger partial charge in [-0.1, -0.05) is 48.0 Å². The number of anilines is 2. The van der Waals surface area contributed by atoms with E-state index in [2.05, 4.69) is 20.6 Å². The summed E-state index contributed by atoms with van der Waals surface area (Å²) >= 11 is 0. The lowest BCUT2D eigenvalue weighted by Crippen LogP contribution is -2.26. The third-order valence-corrected chi connectivity index (χ3v) is 5.30. The quantitative estimate of drug-likeness (QED) is 0.387. The van der Waals surface area contributed by atoms with E-state index in [0.717, 1.165) is 22.6 Å². The Morgan fingerprint density at radius 3 is 2.55 bits per heavy atom. The maximum Gasteiger partial charge on any atom is 0.251 e. The topological polar surface area (TPSA) is 76.1 Å². The molecule has 4 aromatic rings. The number of methoxy groups -OCH3 is 1. The van der Waals surface area contributed by atoms with Crippen LogP contribution < -0.4 is 15.4 Å². The van der Waals surface area contributed by atoms with E-state index < -0.39 is 0 Å². The van der Waals surface area contributed by atoms with Crippen LogP contribution in [0.4, 0.5) is 11.5 Å². The molecule has 1 heterocycles. The average molecular weight is 439 g/mol. The smallest absolute Gasteiger partial charge is 0.251 e. The van der Waals surface area contributed by atoms with Crippen LogP contribution in [-0.4, -0.2) is 23.0 Å². The van der Waals surface area contributed by atoms with E-state index in [1.807, 2.05) is 74.5 Å². The van der Waals surface area contributed by atoms with Gasteiger partial charge in [0.1, 0.15) is 11.6 Å². The number of carbonyl (C=O) groups is 1. The highest BCUT2D eigenvalue weighted by molar-refractivity contribution is 5.95. The Labute approximate surface area is 193 Å². The first-order valence-electron chi connectivity index (χ1n) is 10.7. The molecule has 0 spiro atoms. The van der Waals surface area contributed by atoms with Crippen molar-refractivity contribution in [2.75, 3.05) is 12.4 Å². The fraction of sp³-hybridized carbons (Fsp3) is 0.148. The Morgan fingerprint density at radius 1 is 0.970 bits per heavy atom. The third kappa shape index (κ3) is 5.54. The first-order chi connectivity index (χ1) is 16.0. The van der Waals surface area contributed by atoms with Crippen LogP contribution in [0.15, 0.2) is 85.1 Å². The average Bonchev–Trinajstić information content (AvgIpc) is 2.85. The van der Waals surface area contributed by atoms with Gasteiger partial charge >= 0.3 is 0 Å². The Kier molecular flexibility index (Phi) is 6.64. The van der Waals surface area contributed by atoms with E-state index in [4.69, 9.17) is 4.74 Å². The summed E-state index contributed by atoms with van der Waals surface area (Å²) in [5.41, 5.74) is 4.43. The van der Waals surface area contributed by atoms with Gasteiger partial charge in [-0.05, 0) is 55.8 Å². The maximum absolute atomic E-state index is 12.9. The molecule has 0 bridgehead atoms. The van der Waals surface area contributed by atoms with Gasteiger partial charge in [0.05, 0.1) is 13.2 Å². The largest absolute Gasteiger partial charge is 0.497 e. The molecule has 0 fully saturated rings. The second-order valence-corrected chi connectivity index (χ2v) is 7.81. The number of carbonyl (C=O) groups excluding carboxylic acids is 1. The predicted octanol–water partition coefficient (Wildman–Crippen LogP) is 5.70. The second kappa shape index (κ2) is 9.96. The summed E-state index contributed by atoms with van der Waals surface area (Å²) in [5, 5.41) is 6.32. The monoisotopic (exact) mass is 438 g/mol. The van der Waals surface area contributed by atoms with Crippen LogP contribution in [0.2, 0.25) is 0 Å². The fourth-order valence-corrected chi connectivity index (χ4v) is 3.43. The van der Waals surface area contributed by atoms with Gasteiger partial charge in [0.25, 0.3) is 5.91 Å². The zero-order valence-corrected chi connectivity index (χ0v) is 18.9. The van der Waals surface area contributed by atoms with Crippen molar-refractivity contribution in [1.82, 2.24) is 15.3 Å². The minimum Gasteiger partial charge on any atom is -0.497 e. The molecule has 0 aliphatic rings. The van der Waals surface area contributed by atoms with Crippen LogP contribution in [0, 0.1) is 6.92 Å². The Balaban J connectivity index is 1.47. The van der Waals surface area contributed by atoms with Crippen molar-refractivity contribution in [2.24, 2.45) is 0 Å². The van der Waals surface area contributed by atoms with Gasteiger partial charge in [-0.3, -0.25) is 4.79 Å². The molecule has 0 saturated heterocycles. The molecule has 0 aliphatic carbocycles. The molecule has 6 heteroatoms. The molecule has 1 amide bonds. The molecule has 0 radical (unpaired) electrons. The lowest BCUT2D eigenvalue weighted by Gasteiger charge is -2.16. The number of aryl methyl sites for hydroxylation is 1. The molecule has 33 heavy (non-hydrogen) atoms. The number of hydrogen-bond donors (Lipinski definition) is 2. The summed E-state index contributed by atoms with van der Waals surface area (Å²) in [6, 6.07) is 24.7. The first-order valence-corrected chi connectivity index (χ1v) is 10.7. The number of nitrogens with zero attached hydrogens (tertiary/aromatic N) is 2. The Bertz CT molecular complexity index is 1250. The van der Waals surface area contributed by atoms with Crippen molar-refractivity contribution >= 4 is 17.4 Å². The van der Waals surface area contributed by atoms with Crippen molar-refractivity contribution in [1.29, 1.82) is 0 Å². The molecule has 0 saturated carbocycles. The van der Waals surface area contributed by atoms with Crippen molar-refractivity contribution in [3.05, 3.63) is 102 Å². The summed E-state index contributed by atoms with van der Waals surface area (Å²) in [6.07, 6.45) is 1.72. The molecular formula is C27H26N4O2. The molecule has 2 N–H and O–H groups in total. The summed E-state index contributed by atoms with van der Waals surface area (Å²) in [4.78, 5) is 21.8. The Hall–Kier alpha value is -4.19. The molecule has 166 valence electrons. The van der Waals surface area contributed by atoms with E-state index in [1.54, 1.807) is 31.5 Å². The molecule has 1 aromatic heterocycles. The van der Waals surface area contributed by atoms with Gasteiger partial charge in [-0.2, -0.15) is 0 Å². The number of rotatable bonds is 7. The van der Waals surface area contributed by atoms with Crippen molar-refractivity contribution < 1.29 is 9.53 Å². The number of ether oxygens (including phenoxy) is 1. The number of hydrogen-bond acceptors (Lipinski definition) is 5. The van der Waals surface area contributed by atoms with E-state index in [-0.39, 0.29) is 11.9 Å². The number of benzene rings is 3. The van der Waals surface area contributed by atoms with Gasteiger partial charge in [0.15, 0.2) is 5.82 Å². The summed E-state index contributed by atoms with van der Waals surface area (Å²) < 4.78 is 5.28. The molecule has 0 aliphatic heterocycles. The zero-order chi connectivity index (χ0) is 23.2. The molecule has 1 unspecified atom stereocenters. The van der Waals surface area contributed by atoms with Crippen molar-refractivity contribution in [3.63, 3.8) is 0 Å². The van der Waals surface area contributed by atoms with Gasteiger partial charge < -0.3 is 15.4 Å². The molecule has 1 atom stereocenters. The maximum atomic E-state index is 12.9. The van der Waals surface area contributed by atoms with E-state index >= 15 is 0 Å². The highest BCUT2D eigenvalue weighted by Gasteiger charge is 2.13. The second-order valence-electron chi connectivity index (χ2n) is 7.81. The minimum atomic E-state index is -0.164. The summed E-state index contributed by atoms with van der Waals surface area (Å²) in [7, 11) is 1.63. The number of aromatic nitrogens is 2. The van der Waals surface area contributed by atoms with Crippen LogP contribution in [0.3, 0.4) is 0 Å². The predicted molar refractivity (Wildman–Crippen MR) is 131 cm³/mol. The SMILES string of the molecule is COc1cccc(C(C)NC(=O)c2cccc(Nc3ccnc(-c4ccc(C)cc4)n3)c2)c1. The van der Waals surface area contributed by atoms with E-state index in [1.165, 1.54) is 5.56 Å². The van der Waals surface area contributed by atoms with E-state index in [9.17, 15) is 4.79 Å². The first kappa shape index (κ1) is 22.0. The van der Waals surface area contributed by atoms with E-state index in [0.29, 0.717) is 17.2 Å². The van der Waals surface area contributed by atoms with Crippen LogP contribution in [-0.2, 0) is 0 Å². The summed E-state index contributed by atoms with van der Waals surface area (Å²) in [5.74, 6) is 1.90. The van der Waals surface area contributed by atoms with Gasteiger partial charge in [0, 0.05) is 23.0 Å². The fourth-order valence-electron chi connectivity index (χ4n) is 3.43. The van der Waals surface area contributed by atoms with Crippen LogP contribution in [0.1, 0.15) is 34.5 Å². The standard InChI is InChI=1S/C27H26N4O2/c1-18-10-12-20(13-11-18)26-28-15-14-25(31-26)30-23-8-4-7-22(16-23)27(32)29-19(2)21-6-5-9-24(17-21)33-3/h4-17,19H,1-3H3,(H,29,32)(H,28,30,31). The van der Waals surface area contributed by atoms with Gasteiger partial charge in [0.2, 0.25) is 0 Å². The highest BCUT2D eigenvalue weighted by atomic mass is 16.5. The molecule has 3 aromatic carbocycles. The lowest BCUT2D eigenvalue weighted by atomic mass is 10.1. The normalized spacial score (nSPS) is 11.5. The van der Waals surface area contributed by atoms with Crippen molar-refractivity contribution in [3.8, 4) is 17.1 Å². The van der Waals surface area contributed by atoms with Crippen LogP contribution >= 0.6 is 0 Å². The zero-order valence-electron chi connectivity index (χ0n) is 18.9. The molecule has 6 nitrogen and oxygen atoms in total. The summed E-state index contributed by atoms with van der Waals surface area (Å²) in [6.45, 7) is 3.99. The molecule has 4 rings (SSSR count). The highest BCUT2D eigenvalue weighted by Crippen LogP contribution is 2.22. The van der Waals surface area contributed by atoms with Crippen LogP contribution in [0.25, 0.3) is 11.4 Å². The van der Waals surface area contributed by atoms with Crippen molar-refractivity contribution in [2.45, 2.75) is 19.9 Å². The minimum absolute atomic E-state index is 0.156.